The number of hydrogen-bond donors (Lipinski definition) is 0. The number of rotatable bonds is 2. The van der Waals surface area contributed by atoms with Gasteiger partial charge in [-0.2, -0.15) is 0 Å². The van der Waals surface area contributed by atoms with E-state index in [0.29, 0.717) is 13.2 Å². The van der Waals surface area contributed by atoms with Crippen molar-refractivity contribution in [3.05, 3.63) is 48.0 Å². The first kappa shape index (κ1) is 11.2. The molecular weight excluding hydrogens is 228 g/mol. The summed E-state index contributed by atoms with van der Waals surface area (Å²) in [5, 5.41) is 2.30. The van der Waals surface area contributed by atoms with Gasteiger partial charge in [0.2, 0.25) is 0 Å². The fraction of sp³-hybridized carbons (Fsp3) is 0.267. The second-order valence-corrected chi connectivity index (χ2v) is 4.63. The molecule has 1 heterocycles. The Morgan fingerprint density at radius 3 is 2.50 bits per heavy atom. The van der Waals surface area contributed by atoms with Gasteiger partial charge in [0, 0.05) is 0 Å². The quantitative estimate of drug-likeness (QED) is 0.758. The van der Waals surface area contributed by atoms with Crippen molar-refractivity contribution in [1.82, 2.24) is 0 Å². The third-order valence-electron chi connectivity index (χ3n) is 3.58. The van der Waals surface area contributed by atoms with E-state index in [1.807, 2.05) is 30.3 Å². The molecular formula is C15H14O3. The van der Waals surface area contributed by atoms with Gasteiger partial charge in [-0.1, -0.05) is 36.4 Å². The molecule has 0 unspecified atom stereocenters. The fourth-order valence-electron chi connectivity index (χ4n) is 2.39. The summed E-state index contributed by atoms with van der Waals surface area (Å²) in [5.74, 6) is -0.218. The van der Waals surface area contributed by atoms with Crippen molar-refractivity contribution in [1.29, 1.82) is 0 Å². The molecule has 0 aromatic heterocycles. The lowest BCUT2D eigenvalue weighted by atomic mass is 9.78. The molecule has 2 aromatic rings. The molecule has 3 heteroatoms. The van der Waals surface area contributed by atoms with Crippen molar-refractivity contribution in [2.24, 2.45) is 0 Å². The lowest BCUT2D eigenvalue weighted by Crippen LogP contribution is -2.53. The second-order valence-electron chi connectivity index (χ2n) is 4.63. The predicted octanol–water partition coefficient (Wildman–Crippen LogP) is 2.28. The van der Waals surface area contributed by atoms with Gasteiger partial charge in [-0.15, -0.1) is 0 Å². The van der Waals surface area contributed by atoms with Crippen molar-refractivity contribution < 1.29 is 14.3 Å². The van der Waals surface area contributed by atoms with E-state index in [2.05, 4.69) is 12.1 Å². The highest BCUT2D eigenvalue weighted by atomic mass is 16.5. The van der Waals surface area contributed by atoms with Gasteiger partial charge in [0.15, 0.2) is 0 Å². The Morgan fingerprint density at radius 1 is 1.17 bits per heavy atom. The third kappa shape index (κ3) is 1.51. The highest BCUT2D eigenvalue weighted by molar-refractivity contribution is 5.89. The van der Waals surface area contributed by atoms with Crippen LogP contribution in [0, 0.1) is 0 Å². The van der Waals surface area contributed by atoms with Crippen molar-refractivity contribution >= 4 is 16.7 Å². The molecule has 3 nitrogen and oxygen atoms in total. The van der Waals surface area contributed by atoms with E-state index in [0.717, 1.165) is 10.9 Å². The predicted molar refractivity (Wildman–Crippen MR) is 68.5 cm³/mol. The van der Waals surface area contributed by atoms with E-state index in [1.165, 1.54) is 12.5 Å². The molecule has 18 heavy (non-hydrogen) atoms. The third-order valence-corrected chi connectivity index (χ3v) is 3.58. The van der Waals surface area contributed by atoms with Crippen LogP contribution < -0.4 is 0 Å². The summed E-state index contributed by atoms with van der Waals surface area (Å²) >= 11 is 0. The monoisotopic (exact) mass is 242 g/mol. The molecule has 0 N–H and O–H groups in total. The Morgan fingerprint density at radius 2 is 1.89 bits per heavy atom. The topological polar surface area (TPSA) is 35.5 Å². The molecule has 1 aliphatic heterocycles. The number of esters is 1. The van der Waals surface area contributed by atoms with Gasteiger partial charge >= 0.3 is 5.97 Å². The number of benzene rings is 2. The summed E-state index contributed by atoms with van der Waals surface area (Å²) < 4.78 is 10.1. The van der Waals surface area contributed by atoms with Crippen LogP contribution in [0.2, 0.25) is 0 Å². The van der Waals surface area contributed by atoms with Crippen LogP contribution in [0.3, 0.4) is 0 Å². The zero-order chi connectivity index (χ0) is 12.6. The Bertz CT molecular complexity index is 599. The van der Waals surface area contributed by atoms with Crippen LogP contribution in [0.1, 0.15) is 5.56 Å². The minimum absolute atomic E-state index is 0.218. The molecule has 0 aliphatic carbocycles. The van der Waals surface area contributed by atoms with Crippen LogP contribution in [0.25, 0.3) is 10.8 Å². The van der Waals surface area contributed by atoms with Gasteiger partial charge < -0.3 is 9.47 Å². The summed E-state index contributed by atoms with van der Waals surface area (Å²) in [6, 6.07) is 14.2. The summed E-state index contributed by atoms with van der Waals surface area (Å²) in [4.78, 5) is 12.0. The van der Waals surface area contributed by atoms with E-state index in [1.54, 1.807) is 0 Å². The number of hydrogen-bond acceptors (Lipinski definition) is 3. The average Bonchev–Trinajstić information content (AvgIpc) is 2.37. The minimum atomic E-state index is -0.612. The zero-order valence-electron chi connectivity index (χ0n) is 10.2. The van der Waals surface area contributed by atoms with Crippen LogP contribution in [-0.4, -0.2) is 26.3 Å². The first-order chi connectivity index (χ1) is 8.76. The number of fused-ring (bicyclic) bond motifs is 1. The van der Waals surface area contributed by atoms with Crippen LogP contribution in [0.4, 0.5) is 0 Å². The lowest BCUT2D eigenvalue weighted by Gasteiger charge is -2.39. The van der Waals surface area contributed by atoms with E-state index in [4.69, 9.17) is 9.47 Å². The van der Waals surface area contributed by atoms with E-state index in [-0.39, 0.29) is 5.97 Å². The molecule has 1 saturated heterocycles. The van der Waals surface area contributed by atoms with Crippen LogP contribution in [0.5, 0.6) is 0 Å². The summed E-state index contributed by atoms with van der Waals surface area (Å²) in [6.45, 7) is 0.802. The van der Waals surface area contributed by atoms with Crippen LogP contribution in [-0.2, 0) is 19.7 Å². The Balaban J connectivity index is 2.10. The van der Waals surface area contributed by atoms with Gasteiger partial charge in [0.1, 0.15) is 5.41 Å². The maximum Gasteiger partial charge on any atom is 0.321 e. The number of carbonyl (C=O) groups is 1. The number of methoxy groups -OCH3 is 1. The van der Waals surface area contributed by atoms with Gasteiger partial charge in [0.25, 0.3) is 0 Å². The van der Waals surface area contributed by atoms with E-state index < -0.39 is 5.41 Å². The zero-order valence-corrected chi connectivity index (χ0v) is 10.2. The van der Waals surface area contributed by atoms with E-state index >= 15 is 0 Å². The van der Waals surface area contributed by atoms with E-state index in [9.17, 15) is 4.79 Å². The molecule has 0 bridgehead atoms. The molecule has 0 saturated carbocycles. The largest absolute Gasteiger partial charge is 0.468 e. The van der Waals surface area contributed by atoms with Crippen molar-refractivity contribution in [3.63, 3.8) is 0 Å². The standard InChI is InChI=1S/C15H14O3/c1-17-14(16)15(9-18-10-15)13-7-6-11-4-2-3-5-12(11)8-13/h2-8H,9-10H2,1H3. The SMILES string of the molecule is COC(=O)C1(c2ccc3ccccc3c2)COC1. The molecule has 0 amide bonds. The summed E-state index contributed by atoms with van der Waals surface area (Å²) in [7, 11) is 1.42. The summed E-state index contributed by atoms with van der Waals surface area (Å²) in [6.07, 6.45) is 0. The highest BCUT2D eigenvalue weighted by Gasteiger charge is 2.48. The number of carbonyl (C=O) groups excluding carboxylic acids is 1. The smallest absolute Gasteiger partial charge is 0.321 e. The molecule has 1 fully saturated rings. The second kappa shape index (κ2) is 4.10. The van der Waals surface area contributed by atoms with Gasteiger partial charge in [-0.05, 0) is 22.4 Å². The molecule has 0 atom stereocenters. The van der Waals surface area contributed by atoms with Gasteiger partial charge in [-0.3, -0.25) is 4.79 Å². The van der Waals surface area contributed by atoms with Crippen molar-refractivity contribution in [2.75, 3.05) is 20.3 Å². The van der Waals surface area contributed by atoms with Gasteiger partial charge in [0.05, 0.1) is 20.3 Å². The highest BCUT2D eigenvalue weighted by Crippen LogP contribution is 2.35. The molecule has 3 rings (SSSR count). The molecule has 92 valence electrons. The molecule has 2 aromatic carbocycles. The first-order valence-electron chi connectivity index (χ1n) is 5.92. The van der Waals surface area contributed by atoms with Crippen LogP contribution in [0.15, 0.2) is 42.5 Å². The molecule has 0 spiro atoms. The average molecular weight is 242 g/mol. The minimum Gasteiger partial charge on any atom is -0.468 e. The summed E-state index contributed by atoms with van der Waals surface area (Å²) in [5.41, 5.74) is 0.359. The Labute approximate surface area is 105 Å². The fourth-order valence-corrected chi connectivity index (χ4v) is 2.39. The molecule has 1 aliphatic rings. The maximum absolute atomic E-state index is 12.0. The van der Waals surface area contributed by atoms with Crippen LogP contribution >= 0.6 is 0 Å². The van der Waals surface area contributed by atoms with Crippen molar-refractivity contribution in [2.45, 2.75) is 5.41 Å². The maximum atomic E-state index is 12.0. The first-order valence-corrected chi connectivity index (χ1v) is 5.92. The van der Waals surface area contributed by atoms with Crippen molar-refractivity contribution in [3.8, 4) is 0 Å². The van der Waals surface area contributed by atoms with Gasteiger partial charge in [-0.25, -0.2) is 0 Å². The molecule has 0 radical (unpaired) electrons. The number of ether oxygens (including phenoxy) is 2. The Hall–Kier alpha value is -1.87. The lowest BCUT2D eigenvalue weighted by molar-refractivity contribution is -0.166. The Kier molecular flexibility index (Phi) is 2.56. The normalized spacial score (nSPS) is 17.2.